The van der Waals surface area contributed by atoms with Gasteiger partial charge < -0.3 is 33.8 Å². The van der Waals surface area contributed by atoms with E-state index in [1.807, 2.05) is 0 Å². The van der Waals surface area contributed by atoms with E-state index in [0.29, 0.717) is 31.6 Å². The van der Waals surface area contributed by atoms with Gasteiger partial charge in [-0.25, -0.2) is 9.13 Å². The summed E-state index contributed by atoms with van der Waals surface area (Å²) in [5.41, 5.74) is 0. The first-order chi connectivity index (χ1) is 44.3. The molecule has 0 bridgehead atoms. The maximum Gasteiger partial charge on any atom is 0.472 e. The minimum atomic E-state index is -4.96. The molecule has 19 heteroatoms. The van der Waals surface area contributed by atoms with E-state index in [4.69, 9.17) is 37.0 Å². The lowest BCUT2D eigenvalue weighted by atomic mass is 9.99. The maximum atomic E-state index is 13.0. The standard InChI is InChI=1S/C73H138O17P2/c1-8-10-11-12-13-14-15-16-17-18-21-28-33-42-49-56-72(77)90-69(61-84-71(76)55-48-41-36-35-38-45-52-65(5)6)63-88-92(81,82)86-59-67(74)58-85-91(79,80)87-62-68(89-73(78)57-50-43-34-29-22-19-20-25-30-37-44-51-64(3)4)60-83-70(75)54-47-40-32-27-24-23-26-31-39-46-53-66(7)9-2/h14-17,64-69,74H,8-13,18-63H2,1-7H3,(H,79,80)(H,81,82)/b15-14-,17-16-/t66?,67-,68-,69-/m1/s1. The van der Waals surface area contributed by atoms with Gasteiger partial charge in [0.05, 0.1) is 26.4 Å². The number of aliphatic hydroxyl groups excluding tert-OH is 1. The summed E-state index contributed by atoms with van der Waals surface area (Å²) in [7, 11) is -9.92. The van der Waals surface area contributed by atoms with Gasteiger partial charge in [-0.3, -0.25) is 37.3 Å². The van der Waals surface area contributed by atoms with Gasteiger partial charge in [0.2, 0.25) is 0 Å². The highest BCUT2D eigenvalue weighted by molar-refractivity contribution is 7.47. The van der Waals surface area contributed by atoms with E-state index in [0.717, 1.165) is 121 Å². The SMILES string of the molecule is CCCCCC/C=C\C=C/CCCCCCCC(=O)O[C@H](COC(=O)CCCCCCCCC(C)C)COP(=O)(O)OC[C@H](O)COP(=O)(O)OC[C@@H](COC(=O)CCCCCCCCCCCCC(C)CC)OC(=O)CCCCCCCCCCCCCC(C)C. The molecular weight excluding hydrogens is 1210 g/mol. The van der Waals surface area contributed by atoms with Crippen LogP contribution in [0.15, 0.2) is 24.3 Å². The first-order valence-electron chi connectivity index (χ1n) is 37.2. The number of carbonyl (C=O) groups excluding carboxylic acids is 4. The molecule has 0 spiro atoms. The summed E-state index contributed by atoms with van der Waals surface area (Å²) in [6.45, 7) is 11.7. The molecule has 0 aliphatic carbocycles. The predicted molar refractivity (Wildman–Crippen MR) is 372 cm³/mol. The highest BCUT2D eigenvalue weighted by atomic mass is 31.2. The maximum absolute atomic E-state index is 13.0. The zero-order chi connectivity index (χ0) is 68.0. The first-order valence-corrected chi connectivity index (χ1v) is 40.2. The lowest BCUT2D eigenvalue weighted by Crippen LogP contribution is -2.30. The van der Waals surface area contributed by atoms with Gasteiger partial charge in [0.15, 0.2) is 12.2 Å². The minimum absolute atomic E-state index is 0.0836. The average Bonchev–Trinajstić information content (AvgIpc) is 1.63. The van der Waals surface area contributed by atoms with Crippen LogP contribution in [0, 0.1) is 17.8 Å². The van der Waals surface area contributed by atoms with Crippen molar-refractivity contribution in [1.29, 1.82) is 0 Å². The van der Waals surface area contributed by atoms with E-state index < -0.39 is 97.5 Å². The Labute approximate surface area is 561 Å². The van der Waals surface area contributed by atoms with E-state index in [9.17, 15) is 43.2 Å². The van der Waals surface area contributed by atoms with Crippen LogP contribution in [0.3, 0.4) is 0 Å². The molecule has 0 aromatic carbocycles. The van der Waals surface area contributed by atoms with Crippen molar-refractivity contribution in [3.63, 3.8) is 0 Å². The fraction of sp³-hybridized carbons (Fsp3) is 0.890. The van der Waals surface area contributed by atoms with E-state index in [1.165, 1.54) is 135 Å². The summed E-state index contributed by atoms with van der Waals surface area (Å²) in [4.78, 5) is 72.6. The van der Waals surface area contributed by atoms with Crippen LogP contribution < -0.4 is 0 Å². The number of hydrogen-bond acceptors (Lipinski definition) is 15. The Morgan fingerprint density at radius 1 is 0.359 bits per heavy atom. The van der Waals surface area contributed by atoms with Crippen molar-refractivity contribution < 1.29 is 80.2 Å². The van der Waals surface area contributed by atoms with Crippen molar-refractivity contribution in [2.24, 2.45) is 17.8 Å². The Kier molecular flexibility index (Phi) is 61.6. The van der Waals surface area contributed by atoms with Gasteiger partial charge in [-0.05, 0) is 69.1 Å². The van der Waals surface area contributed by atoms with Gasteiger partial charge in [-0.2, -0.15) is 0 Å². The third-order valence-electron chi connectivity index (χ3n) is 16.6. The van der Waals surface area contributed by atoms with Gasteiger partial charge in [0.1, 0.15) is 19.3 Å². The molecule has 0 radical (unpaired) electrons. The van der Waals surface area contributed by atoms with Crippen LogP contribution in [0.25, 0.3) is 0 Å². The largest absolute Gasteiger partial charge is 0.472 e. The molecule has 0 amide bonds. The number of hydrogen-bond donors (Lipinski definition) is 3. The Balaban J connectivity index is 5.29. The fourth-order valence-electron chi connectivity index (χ4n) is 10.5. The third-order valence-corrected chi connectivity index (χ3v) is 18.5. The number of phosphoric acid groups is 2. The zero-order valence-electron chi connectivity index (χ0n) is 59.5. The van der Waals surface area contributed by atoms with Crippen LogP contribution in [-0.2, 0) is 65.4 Å². The van der Waals surface area contributed by atoms with Crippen LogP contribution in [0.2, 0.25) is 0 Å². The smallest absolute Gasteiger partial charge is 0.462 e. The van der Waals surface area contributed by atoms with Crippen LogP contribution in [0.5, 0.6) is 0 Å². The second-order valence-electron chi connectivity index (χ2n) is 26.8. The number of carbonyl (C=O) groups is 4. The number of phosphoric ester groups is 2. The van der Waals surface area contributed by atoms with Crippen LogP contribution in [0.4, 0.5) is 0 Å². The molecule has 0 aliphatic rings. The lowest BCUT2D eigenvalue weighted by molar-refractivity contribution is -0.161. The average molecular weight is 1350 g/mol. The molecule has 3 unspecified atom stereocenters. The van der Waals surface area contributed by atoms with Gasteiger partial charge >= 0.3 is 39.5 Å². The summed E-state index contributed by atoms with van der Waals surface area (Å²) in [5, 5.41) is 10.6. The molecule has 0 aromatic rings. The summed E-state index contributed by atoms with van der Waals surface area (Å²) in [6.07, 6.45) is 50.8. The highest BCUT2D eigenvalue weighted by Gasteiger charge is 2.30. The molecular formula is C73H138O17P2. The lowest BCUT2D eigenvalue weighted by Gasteiger charge is -2.21. The first kappa shape index (κ1) is 89.5. The molecule has 0 aromatic heterocycles. The van der Waals surface area contributed by atoms with E-state index in [2.05, 4.69) is 72.8 Å². The number of ether oxygens (including phenoxy) is 4. The molecule has 0 heterocycles. The molecule has 0 saturated carbocycles. The summed E-state index contributed by atoms with van der Waals surface area (Å²) in [6, 6.07) is 0. The van der Waals surface area contributed by atoms with Crippen molar-refractivity contribution in [2.75, 3.05) is 39.6 Å². The normalized spacial score (nSPS) is 14.6. The molecule has 3 N–H and O–H groups in total. The van der Waals surface area contributed by atoms with Gasteiger partial charge in [-0.15, -0.1) is 0 Å². The third kappa shape index (κ3) is 64.9. The molecule has 0 aliphatic heterocycles. The van der Waals surface area contributed by atoms with Crippen molar-refractivity contribution in [1.82, 2.24) is 0 Å². The Morgan fingerprint density at radius 3 is 0.967 bits per heavy atom. The molecule has 0 rings (SSSR count). The van der Waals surface area contributed by atoms with Crippen LogP contribution >= 0.6 is 15.6 Å². The fourth-order valence-corrected chi connectivity index (χ4v) is 12.1. The molecule has 6 atom stereocenters. The molecule has 92 heavy (non-hydrogen) atoms. The number of esters is 4. The van der Waals surface area contributed by atoms with Gasteiger partial charge in [0.25, 0.3) is 0 Å². The topological polar surface area (TPSA) is 237 Å². The number of unbranched alkanes of at least 4 members (excludes halogenated alkanes) is 33. The zero-order valence-corrected chi connectivity index (χ0v) is 61.3. The van der Waals surface area contributed by atoms with E-state index >= 15 is 0 Å². The molecule has 17 nitrogen and oxygen atoms in total. The van der Waals surface area contributed by atoms with Crippen molar-refractivity contribution in [3.05, 3.63) is 24.3 Å². The molecule has 0 fully saturated rings. The number of rotatable bonds is 69. The Morgan fingerprint density at radius 2 is 0.641 bits per heavy atom. The van der Waals surface area contributed by atoms with Gasteiger partial charge in [-0.1, -0.05) is 291 Å². The molecule has 542 valence electrons. The van der Waals surface area contributed by atoms with E-state index in [-0.39, 0.29) is 25.7 Å². The van der Waals surface area contributed by atoms with Crippen molar-refractivity contribution in [3.8, 4) is 0 Å². The second kappa shape index (κ2) is 63.3. The summed E-state index contributed by atoms with van der Waals surface area (Å²) >= 11 is 0. The van der Waals surface area contributed by atoms with Crippen LogP contribution in [0.1, 0.15) is 344 Å². The monoisotopic (exact) mass is 1350 g/mol. The number of aliphatic hydroxyl groups is 1. The van der Waals surface area contributed by atoms with Crippen LogP contribution in [-0.4, -0.2) is 96.7 Å². The predicted octanol–water partition coefficient (Wildman–Crippen LogP) is 20.6. The van der Waals surface area contributed by atoms with E-state index in [1.54, 1.807) is 0 Å². The number of allylic oxidation sites excluding steroid dienone is 4. The Bertz CT molecular complexity index is 1900. The van der Waals surface area contributed by atoms with Gasteiger partial charge in [0, 0.05) is 25.7 Å². The highest BCUT2D eigenvalue weighted by Crippen LogP contribution is 2.45. The Hall–Kier alpha value is -2.46. The minimum Gasteiger partial charge on any atom is -0.462 e. The second-order valence-corrected chi connectivity index (χ2v) is 29.7. The van der Waals surface area contributed by atoms with Crippen molar-refractivity contribution >= 4 is 39.5 Å². The summed E-state index contributed by atoms with van der Waals surface area (Å²) < 4.78 is 68.3. The quantitative estimate of drug-likeness (QED) is 0.0169. The molecule has 0 saturated heterocycles. The van der Waals surface area contributed by atoms with Crippen molar-refractivity contribution in [2.45, 2.75) is 362 Å². The summed E-state index contributed by atoms with van der Waals surface area (Å²) in [5.74, 6) is 0.0930.